The number of thiophene rings is 1. The summed E-state index contributed by atoms with van der Waals surface area (Å²) < 4.78 is 5.39. The molecule has 0 fully saturated rings. The number of hydrogen-bond donors (Lipinski definition) is 2. The molecule has 0 bridgehead atoms. The van der Waals surface area contributed by atoms with Crippen LogP contribution in [0.1, 0.15) is 16.2 Å². The molecule has 4 nitrogen and oxygen atoms in total. The van der Waals surface area contributed by atoms with Crippen molar-refractivity contribution in [2.24, 2.45) is 0 Å². The summed E-state index contributed by atoms with van der Waals surface area (Å²) in [5.41, 5.74) is -0.446. The van der Waals surface area contributed by atoms with E-state index in [-0.39, 0.29) is 12.5 Å². The van der Waals surface area contributed by atoms with Crippen molar-refractivity contribution < 1.29 is 14.3 Å². The predicted octanol–water partition coefficient (Wildman–Crippen LogP) is 4.13. The highest BCUT2D eigenvalue weighted by Crippen LogP contribution is 2.32. The SMILES string of the molecule is CSc1ccc(/C=C/C(=O)NCC(O)(c2ccco2)c2cccs2)cc1. The Morgan fingerprint density at radius 2 is 2.08 bits per heavy atom. The van der Waals surface area contributed by atoms with Crippen LogP contribution in [0, 0.1) is 0 Å². The molecule has 2 N–H and O–H groups in total. The summed E-state index contributed by atoms with van der Waals surface area (Å²) in [7, 11) is 0. The highest BCUT2D eigenvalue weighted by atomic mass is 32.2. The molecular weight excluding hydrogens is 366 g/mol. The number of thioether (sulfide) groups is 1. The number of furan rings is 1. The van der Waals surface area contributed by atoms with E-state index in [0.717, 1.165) is 5.56 Å². The van der Waals surface area contributed by atoms with Crippen LogP contribution in [0.2, 0.25) is 0 Å². The van der Waals surface area contributed by atoms with Crippen LogP contribution in [-0.4, -0.2) is 23.8 Å². The van der Waals surface area contributed by atoms with Gasteiger partial charge in [0.1, 0.15) is 5.76 Å². The first-order chi connectivity index (χ1) is 12.6. The van der Waals surface area contributed by atoms with E-state index in [1.807, 2.05) is 48.0 Å². The standard InChI is InChI=1S/C20H19NO3S2/c1-25-16-9-6-15(7-10-16)8-11-19(22)21-14-20(23,17-4-2-12-24-17)18-5-3-13-26-18/h2-13,23H,14H2,1H3,(H,21,22)/b11-8+. The van der Waals surface area contributed by atoms with Gasteiger partial charge < -0.3 is 14.8 Å². The van der Waals surface area contributed by atoms with Crippen LogP contribution in [0.3, 0.4) is 0 Å². The van der Waals surface area contributed by atoms with E-state index in [4.69, 9.17) is 4.42 Å². The Morgan fingerprint density at radius 1 is 1.27 bits per heavy atom. The van der Waals surface area contributed by atoms with Gasteiger partial charge in [0.05, 0.1) is 12.8 Å². The summed E-state index contributed by atoms with van der Waals surface area (Å²) in [4.78, 5) is 14.1. The van der Waals surface area contributed by atoms with Crippen molar-refractivity contribution in [2.45, 2.75) is 10.5 Å². The van der Waals surface area contributed by atoms with Gasteiger partial charge in [-0.1, -0.05) is 18.2 Å². The largest absolute Gasteiger partial charge is 0.466 e. The maximum atomic E-state index is 12.2. The number of carbonyl (C=O) groups excluding carboxylic acids is 1. The number of carbonyl (C=O) groups is 1. The van der Waals surface area contributed by atoms with Crippen molar-refractivity contribution in [2.75, 3.05) is 12.8 Å². The lowest BCUT2D eigenvalue weighted by Crippen LogP contribution is -2.40. The molecule has 134 valence electrons. The van der Waals surface area contributed by atoms with E-state index in [0.29, 0.717) is 10.6 Å². The Balaban J connectivity index is 1.67. The lowest BCUT2D eigenvalue weighted by Gasteiger charge is -2.24. The quantitative estimate of drug-likeness (QED) is 0.474. The van der Waals surface area contributed by atoms with Gasteiger partial charge in [-0.15, -0.1) is 23.1 Å². The van der Waals surface area contributed by atoms with Gasteiger partial charge in [-0.05, 0) is 53.6 Å². The van der Waals surface area contributed by atoms with E-state index in [1.165, 1.54) is 28.6 Å². The molecule has 6 heteroatoms. The molecule has 1 atom stereocenters. The van der Waals surface area contributed by atoms with Crippen LogP contribution in [0.15, 0.2) is 75.6 Å². The van der Waals surface area contributed by atoms with Crippen LogP contribution >= 0.6 is 23.1 Å². The number of amides is 1. The Kier molecular flexibility index (Phi) is 5.98. The molecule has 1 aromatic carbocycles. The van der Waals surface area contributed by atoms with Crippen molar-refractivity contribution in [1.82, 2.24) is 5.32 Å². The van der Waals surface area contributed by atoms with Gasteiger partial charge in [-0.3, -0.25) is 4.79 Å². The first-order valence-corrected chi connectivity index (χ1v) is 10.1. The molecule has 1 unspecified atom stereocenters. The van der Waals surface area contributed by atoms with Crippen LogP contribution in [0.4, 0.5) is 0 Å². The zero-order valence-corrected chi connectivity index (χ0v) is 15.8. The fourth-order valence-corrected chi connectivity index (χ4v) is 3.72. The first-order valence-electron chi connectivity index (χ1n) is 8.02. The van der Waals surface area contributed by atoms with Crippen LogP contribution in [0.5, 0.6) is 0 Å². The zero-order chi connectivity index (χ0) is 18.4. The van der Waals surface area contributed by atoms with Crippen LogP contribution in [-0.2, 0) is 10.4 Å². The fraction of sp³-hybridized carbons (Fsp3) is 0.150. The monoisotopic (exact) mass is 385 g/mol. The second-order valence-electron chi connectivity index (χ2n) is 5.64. The maximum absolute atomic E-state index is 12.2. The summed E-state index contributed by atoms with van der Waals surface area (Å²) in [6.07, 6.45) is 6.74. The Labute approximate surface area is 160 Å². The Morgan fingerprint density at radius 3 is 2.69 bits per heavy atom. The summed E-state index contributed by atoms with van der Waals surface area (Å²) >= 11 is 3.08. The minimum Gasteiger partial charge on any atom is -0.466 e. The van der Waals surface area contributed by atoms with Gasteiger partial charge in [-0.2, -0.15) is 0 Å². The average molecular weight is 386 g/mol. The van der Waals surface area contributed by atoms with E-state index < -0.39 is 5.60 Å². The van der Waals surface area contributed by atoms with Crippen molar-refractivity contribution in [3.05, 3.63) is 82.5 Å². The van der Waals surface area contributed by atoms with Crippen molar-refractivity contribution in [3.63, 3.8) is 0 Å². The number of benzene rings is 1. The smallest absolute Gasteiger partial charge is 0.244 e. The van der Waals surface area contributed by atoms with Crippen LogP contribution < -0.4 is 5.32 Å². The highest BCUT2D eigenvalue weighted by molar-refractivity contribution is 7.98. The maximum Gasteiger partial charge on any atom is 0.244 e. The van der Waals surface area contributed by atoms with Gasteiger partial charge in [0.2, 0.25) is 5.91 Å². The Hall–Kier alpha value is -2.28. The molecule has 0 aliphatic heterocycles. The second-order valence-corrected chi connectivity index (χ2v) is 7.47. The van der Waals surface area contributed by atoms with Crippen molar-refractivity contribution in [3.8, 4) is 0 Å². The number of rotatable bonds is 7. The lowest BCUT2D eigenvalue weighted by atomic mass is 9.98. The summed E-state index contributed by atoms with van der Waals surface area (Å²) in [6, 6.07) is 15.0. The van der Waals surface area contributed by atoms with Gasteiger partial charge in [0.15, 0.2) is 5.60 Å². The van der Waals surface area contributed by atoms with Gasteiger partial charge >= 0.3 is 0 Å². The molecule has 3 rings (SSSR count). The fourth-order valence-electron chi connectivity index (χ4n) is 2.48. The van der Waals surface area contributed by atoms with Gasteiger partial charge in [0.25, 0.3) is 0 Å². The minimum absolute atomic E-state index is 0.0234. The summed E-state index contributed by atoms with van der Waals surface area (Å²) in [6.45, 7) is 0.0234. The first kappa shape index (κ1) is 18.5. The molecule has 3 aromatic rings. The van der Waals surface area contributed by atoms with Crippen LogP contribution in [0.25, 0.3) is 6.08 Å². The molecule has 0 aliphatic carbocycles. The van der Waals surface area contributed by atoms with Crippen molar-refractivity contribution >= 4 is 35.1 Å². The minimum atomic E-state index is -1.39. The summed E-state index contributed by atoms with van der Waals surface area (Å²) in [5, 5.41) is 15.7. The number of aliphatic hydroxyl groups is 1. The molecular formula is C20H19NO3S2. The Bertz CT molecular complexity index is 819. The topological polar surface area (TPSA) is 62.5 Å². The molecule has 0 radical (unpaired) electrons. The van der Waals surface area contributed by atoms with E-state index in [9.17, 15) is 9.90 Å². The predicted molar refractivity (Wildman–Crippen MR) is 106 cm³/mol. The van der Waals surface area contributed by atoms with Gasteiger partial charge in [-0.25, -0.2) is 0 Å². The van der Waals surface area contributed by atoms with Crippen molar-refractivity contribution in [1.29, 1.82) is 0 Å². The molecule has 0 spiro atoms. The molecule has 2 aromatic heterocycles. The molecule has 0 saturated heterocycles. The molecule has 2 heterocycles. The number of hydrogen-bond acceptors (Lipinski definition) is 5. The molecule has 1 amide bonds. The third-order valence-electron chi connectivity index (χ3n) is 3.92. The third kappa shape index (κ3) is 4.27. The number of nitrogens with one attached hydrogen (secondary N) is 1. The van der Waals surface area contributed by atoms with E-state index in [1.54, 1.807) is 30.0 Å². The van der Waals surface area contributed by atoms with E-state index >= 15 is 0 Å². The average Bonchev–Trinajstić information content (AvgIpc) is 3.39. The second kappa shape index (κ2) is 8.40. The zero-order valence-electron chi connectivity index (χ0n) is 14.2. The highest BCUT2D eigenvalue weighted by Gasteiger charge is 2.35. The normalized spacial score (nSPS) is 13.6. The molecule has 0 saturated carbocycles. The van der Waals surface area contributed by atoms with Gasteiger partial charge in [0, 0.05) is 15.8 Å². The molecule has 0 aliphatic rings. The summed E-state index contributed by atoms with van der Waals surface area (Å²) in [5.74, 6) is 0.123. The van der Waals surface area contributed by atoms with E-state index in [2.05, 4.69) is 5.32 Å². The molecule has 26 heavy (non-hydrogen) atoms. The lowest BCUT2D eigenvalue weighted by molar-refractivity contribution is -0.117. The third-order valence-corrected chi connectivity index (χ3v) is 5.68.